The molecule has 0 saturated carbocycles. The van der Waals surface area contributed by atoms with Crippen molar-refractivity contribution < 1.29 is 9.18 Å². The Kier molecular flexibility index (Phi) is 6.60. The van der Waals surface area contributed by atoms with E-state index in [9.17, 15) is 14.0 Å². The molecule has 5 nitrogen and oxygen atoms in total. The summed E-state index contributed by atoms with van der Waals surface area (Å²) in [5.74, 6) is 0.0385. The van der Waals surface area contributed by atoms with E-state index in [0.717, 1.165) is 11.1 Å². The number of aromatic amines is 1. The average molecular weight is 397 g/mol. The Morgan fingerprint density at radius 2 is 1.82 bits per heavy atom. The topological polar surface area (TPSA) is 74.8 Å². The summed E-state index contributed by atoms with van der Waals surface area (Å²) in [6, 6.07) is 15.8. The summed E-state index contributed by atoms with van der Waals surface area (Å²) in [7, 11) is 0. The normalized spacial score (nSPS) is 10.6. The summed E-state index contributed by atoms with van der Waals surface area (Å²) >= 11 is 1.35. The highest BCUT2D eigenvalue weighted by molar-refractivity contribution is 7.98. The highest BCUT2D eigenvalue weighted by Gasteiger charge is 2.13. The molecule has 0 spiro atoms. The highest BCUT2D eigenvalue weighted by atomic mass is 32.2. The Bertz CT molecular complexity index is 1000. The van der Waals surface area contributed by atoms with Gasteiger partial charge in [0, 0.05) is 23.6 Å². The van der Waals surface area contributed by atoms with Crippen LogP contribution in [0.3, 0.4) is 0 Å². The molecule has 0 aliphatic rings. The number of thioether (sulfide) groups is 1. The summed E-state index contributed by atoms with van der Waals surface area (Å²) in [5, 5.41) is 3.28. The molecule has 2 N–H and O–H groups in total. The predicted octanol–water partition coefficient (Wildman–Crippen LogP) is 3.37. The van der Waals surface area contributed by atoms with E-state index in [1.54, 1.807) is 19.1 Å². The van der Waals surface area contributed by atoms with Crippen molar-refractivity contribution in [2.75, 3.05) is 0 Å². The number of carbonyl (C=O) groups is 1. The van der Waals surface area contributed by atoms with Crippen LogP contribution in [0.5, 0.6) is 0 Å². The second kappa shape index (κ2) is 9.32. The third-order valence-electron chi connectivity index (χ3n) is 4.16. The smallest absolute Gasteiger partial charge is 0.255 e. The zero-order valence-electron chi connectivity index (χ0n) is 15.4. The Labute approximate surface area is 166 Å². The monoisotopic (exact) mass is 397 g/mol. The van der Waals surface area contributed by atoms with E-state index in [1.807, 2.05) is 30.3 Å². The van der Waals surface area contributed by atoms with Crippen molar-refractivity contribution in [3.8, 4) is 0 Å². The summed E-state index contributed by atoms with van der Waals surface area (Å²) < 4.78 is 13.0. The van der Waals surface area contributed by atoms with Gasteiger partial charge in [-0.05, 0) is 30.2 Å². The first kappa shape index (κ1) is 19.8. The summed E-state index contributed by atoms with van der Waals surface area (Å²) in [6.45, 7) is 2.13. The zero-order valence-corrected chi connectivity index (χ0v) is 16.2. The molecule has 0 unspecified atom stereocenters. The van der Waals surface area contributed by atoms with Gasteiger partial charge >= 0.3 is 0 Å². The van der Waals surface area contributed by atoms with Crippen LogP contribution in [-0.2, 0) is 23.5 Å². The van der Waals surface area contributed by atoms with E-state index in [2.05, 4.69) is 15.3 Å². The van der Waals surface area contributed by atoms with E-state index in [4.69, 9.17) is 0 Å². The lowest BCUT2D eigenvalue weighted by Gasteiger charge is -2.08. The van der Waals surface area contributed by atoms with Gasteiger partial charge in [-0.1, -0.05) is 54.2 Å². The van der Waals surface area contributed by atoms with E-state index in [1.165, 1.54) is 23.9 Å². The van der Waals surface area contributed by atoms with Gasteiger partial charge in [0.2, 0.25) is 5.91 Å². The van der Waals surface area contributed by atoms with Gasteiger partial charge in [-0.3, -0.25) is 9.59 Å². The lowest BCUT2D eigenvalue weighted by Crippen LogP contribution is -2.28. The molecule has 0 saturated heterocycles. The van der Waals surface area contributed by atoms with Crippen LogP contribution < -0.4 is 10.9 Å². The molecule has 28 heavy (non-hydrogen) atoms. The van der Waals surface area contributed by atoms with Gasteiger partial charge in [-0.25, -0.2) is 9.37 Å². The van der Waals surface area contributed by atoms with Crippen LogP contribution in [0.1, 0.15) is 22.4 Å². The van der Waals surface area contributed by atoms with Crippen LogP contribution in [0.4, 0.5) is 4.39 Å². The van der Waals surface area contributed by atoms with Crippen molar-refractivity contribution >= 4 is 17.7 Å². The van der Waals surface area contributed by atoms with E-state index in [0.29, 0.717) is 28.7 Å². The molecule has 2 aromatic carbocycles. The van der Waals surface area contributed by atoms with Crippen LogP contribution in [0.25, 0.3) is 0 Å². The van der Waals surface area contributed by atoms with E-state index >= 15 is 0 Å². The maximum Gasteiger partial charge on any atom is 0.255 e. The number of benzene rings is 2. The Morgan fingerprint density at radius 1 is 1.11 bits per heavy atom. The Balaban J connectivity index is 1.60. The third kappa shape index (κ3) is 5.53. The molecule has 1 heterocycles. The van der Waals surface area contributed by atoms with Gasteiger partial charge in [0.05, 0.1) is 6.42 Å². The largest absolute Gasteiger partial charge is 0.352 e. The molecule has 0 aliphatic carbocycles. The molecule has 0 bridgehead atoms. The van der Waals surface area contributed by atoms with Crippen molar-refractivity contribution in [2.45, 2.75) is 30.8 Å². The van der Waals surface area contributed by atoms with Gasteiger partial charge in [-0.2, -0.15) is 0 Å². The molecular formula is C21H20FN3O2S. The molecule has 7 heteroatoms. The molecular weight excluding hydrogens is 377 g/mol. The number of halogens is 1. The SMILES string of the molecule is Cc1nc(SCc2ccc(F)cc2)[nH]c(=O)c1CC(=O)NCc1ccccc1. The number of carbonyl (C=O) groups excluding carboxylic acids is 1. The molecule has 3 aromatic rings. The number of aromatic nitrogens is 2. The molecule has 0 atom stereocenters. The van der Waals surface area contributed by atoms with E-state index < -0.39 is 0 Å². The Hall–Kier alpha value is -2.93. The van der Waals surface area contributed by atoms with Gasteiger partial charge in [-0.15, -0.1) is 0 Å². The number of aryl methyl sites for hydroxylation is 1. The standard InChI is InChI=1S/C21H20FN3O2S/c1-14-18(11-19(26)23-12-15-5-3-2-4-6-15)20(27)25-21(24-14)28-13-16-7-9-17(22)10-8-16/h2-10H,11-13H2,1H3,(H,23,26)(H,24,25,27). The molecule has 0 radical (unpaired) electrons. The number of amides is 1. The van der Waals surface area contributed by atoms with Crippen molar-refractivity contribution in [3.63, 3.8) is 0 Å². The summed E-state index contributed by atoms with van der Waals surface area (Å²) in [6.07, 6.45) is -0.0239. The fourth-order valence-corrected chi connectivity index (χ4v) is 3.48. The van der Waals surface area contributed by atoms with Crippen LogP contribution >= 0.6 is 11.8 Å². The maximum absolute atomic E-state index is 13.0. The fourth-order valence-electron chi connectivity index (χ4n) is 2.61. The lowest BCUT2D eigenvalue weighted by atomic mass is 10.1. The van der Waals surface area contributed by atoms with Gasteiger partial charge in [0.25, 0.3) is 5.56 Å². The van der Waals surface area contributed by atoms with Crippen molar-refractivity contribution in [3.05, 3.63) is 93.2 Å². The fraction of sp³-hybridized carbons (Fsp3) is 0.190. The van der Waals surface area contributed by atoms with Crippen molar-refractivity contribution in [2.24, 2.45) is 0 Å². The maximum atomic E-state index is 13.0. The molecule has 0 fully saturated rings. The molecule has 0 aliphatic heterocycles. The van der Waals surface area contributed by atoms with Gasteiger partial charge in [0.1, 0.15) is 5.82 Å². The first-order valence-corrected chi connectivity index (χ1v) is 9.77. The molecule has 3 rings (SSSR count). The third-order valence-corrected chi connectivity index (χ3v) is 5.10. The first-order chi connectivity index (χ1) is 13.5. The van der Waals surface area contributed by atoms with Gasteiger partial charge in [0.15, 0.2) is 5.16 Å². The van der Waals surface area contributed by atoms with Crippen LogP contribution in [0.2, 0.25) is 0 Å². The number of H-pyrrole nitrogens is 1. The number of nitrogens with zero attached hydrogens (tertiary/aromatic N) is 1. The van der Waals surface area contributed by atoms with Crippen molar-refractivity contribution in [1.29, 1.82) is 0 Å². The second-order valence-corrected chi connectivity index (χ2v) is 7.25. The quantitative estimate of drug-likeness (QED) is 0.474. The van der Waals surface area contributed by atoms with Crippen molar-refractivity contribution in [1.82, 2.24) is 15.3 Å². The number of hydrogen-bond acceptors (Lipinski definition) is 4. The second-order valence-electron chi connectivity index (χ2n) is 6.29. The number of rotatable bonds is 7. The van der Waals surface area contributed by atoms with Gasteiger partial charge < -0.3 is 10.3 Å². The van der Waals surface area contributed by atoms with Crippen LogP contribution in [-0.4, -0.2) is 15.9 Å². The minimum absolute atomic E-state index is 0.0239. The molecule has 1 aromatic heterocycles. The average Bonchev–Trinajstić information content (AvgIpc) is 2.69. The minimum Gasteiger partial charge on any atom is -0.352 e. The molecule has 144 valence electrons. The van der Waals surface area contributed by atoms with Crippen LogP contribution in [0, 0.1) is 12.7 Å². The summed E-state index contributed by atoms with van der Waals surface area (Å²) in [5.41, 5.74) is 2.49. The van der Waals surface area contributed by atoms with E-state index in [-0.39, 0.29) is 23.7 Å². The molecule has 1 amide bonds. The highest BCUT2D eigenvalue weighted by Crippen LogP contribution is 2.19. The first-order valence-electron chi connectivity index (χ1n) is 8.79. The number of nitrogens with one attached hydrogen (secondary N) is 2. The lowest BCUT2D eigenvalue weighted by molar-refractivity contribution is -0.120. The summed E-state index contributed by atoms with van der Waals surface area (Å²) in [4.78, 5) is 31.7. The zero-order chi connectivity index (χ0) is 19.9. The minimum atomic E-state index is -0.316. The number of hydrogen-bond donors (Lipinski definition) is 2. The Morgan fingerprint density at radius 3 is 2.50 bits per heavy atom. The van der Waals surface area contributed by atoms with Crippen LogP contribution in [0.15, 0.2) is 64.5 Å². The predicted molar refractivity (Wildman–Crippen MR) is 108 cm³/mol.